The van der Waals surface area contributed by atoms with Crippen molar-refractivity contribution in [3.8, 4) is 0 Å². The first-order chi connectivity index (χ1) is 17.2. The molecule has 1 unspecified atom stereocenters. The largest absolute Gasteiger partial charge is 0.381 e. The molecule has 3 aliphatic rings. The lowest BCUT2D eigenvalue weighted by molar-refractivity contribution is -0.286. The maximum Gasteiger partial charge on any atom is 0.279 e. The third-order valence-corrected chi connectivity index (χ3v) is 7.01. The highest BCUT2D eigenvalue weighted by Crippen LogP contribution is 2.36. The first kappa shape index (κ1) is 24.3. The zero-order valence-electron chi connectivity index (χ0n) is 19.6. The van der Waals surface area contributed by atoms with Crippen molar-refractivity contribution in [2.75, 3.05) is 31.6 Å². The molecule has 0 saturated carbocycles. The van der Waals surface area contributed by atoms with E-state index in [2.05, 4.69) is 10.6 Å². The minimum absolute atomic E-state index is 0.0193. The number of imide groups is 1. The average molecular weight is 497 g/mol. The molecule has 36 heavy (non-hydrogen) atoms. The lowest BCUT2D eigenvalue weighted by Gasteiger charge is -2.37. The third kappa shape index (κ3) is 4.25. The van der Waals surface area contributed by atoms with Gasteiger partial charge in [-0.15, -0.1) is 0 Å². The number of nitrogens with one attached hydrogen (secondary N) is 2. The summed E-state index contributed by atoms with van der Waals surface area (Å²) in [5.74, 6) is -3.94. The number of carbonyl (C=O) groups excluding carboxylic acids is 3. The Labute approximate surface area is 207 Å². The number of aliphatic hydroxyl groups is 3. The number of nitrogens with zero attached hydrogens (tertiary/aromatic N) is 2. The van der Waals surface area contributed by atoms with Crippen molar-refractivity contribution in [3.05, 3.63) is 64.7 Å². The molecule has 3 amide bonds. The average Bonchev–Trinajstić information content (AvgIpc) is 3.23. The van der Waals surface area contributed by atoms with Crippen molar-refractivity contribution < 1.29 is 34.4 Å². The monoisotopic (exact) mass is 496 g/mol. The van der Waals surface area contributed by atoms with Gasteiger partial charge in [-0.3, -0.25) is 24.6 Å². The molecule has 190 valence electrons. The molecule has 11 heteroatoms. The fourth-order valence-electron chi connectivity index (χ4n) is 4.85. The van der Waals surface area contributed by atoms with Gasteiger partial charge in [0.15, 0.2) is 0 Å². The van der Waals surface area contributed by atoms with Crippen LogP contribution in [0.2, 0.25) is 0 Å². The van der Waals surface area contributed by atoms with Gasteiger partial charge in [-0.05, 0) is 17.7 Å². The number of rotatable bonds is 6. The topological polar surface area (TPSA) is 152 Å². The van der Waals surface area contributed by atoms with Gasteiger partial charge in [0, 0.05) is 54.9 Å². The van der Waals surface area contributed by atoms with E-state index in [1.807, 2.05) is 6.07 Å². The summed E-state index contributed by atoms with van der Waals surface area (Å²) in [5, 5.41) is 37.6. The maximum atomic E-state index is 13.0. The second-order valence-corrected chi connectivity index (χ2v) is 9.20. The van der Waals surface area contributed by atoms with Crippen LogP contribution in [0.1, 0.15) is 39.9 Å². The van der Waals surface area contributed by atoms with E-state index in [0.29, 0.717) is 55.2 Å². The van der Waals surface area contributed by atoms with Gasteiger partial charge < -0.3 is 25.4 Å². The van der Waals surface area contributed by atoms with Gasteiger partial charge in [0.2, 0.25) is 11.6 Å². The van der Waals surface area contributed by atoms with Crippen LogP contribution >= 0.6 is 0 Å². The van der Waals surface area contributed by atoms with Crippen LogP contribution in [0.4, 0.5) is 5.69 Å². The molecule has 2 saturated heterocycles. The summed E-state index contributed by atoms with van der Waals surface area (Å²) >= 11 is 0. The number of anilines is 1. The predicted octanol–water partition coefficient (Wildman–Crippen LogP) is -0.193. The third-order valence-electron chi connectivity index (χ3n) is 7.01. The predicted molar refractivity (Wildman–Crippen MR) is 126 cm³/mol. The number of carbonyl (C=O) groups is 3. The second-order valence-electron chi connectivity index (χ2n) is 9.20. The van der Waals surface area contributed by atoms with Crippen LogP contribution in [0.15, 0.2) is 42.5 Å². The number of ether oxygens (including phenoxy) is 1. The zero-order valence-corrected chi connectivity index (χ0v) is 19.6. The van der Waals surface area contributed by atoms with Crippen LogP contribution in [0.5, 0.6) is 0 Å². The quantitative estimate of drug-likeness (QED) is 0.271. The molecule has 11 nitrogen and oxygen atoms in total. The van der Waals surface area contributed by atoms with E-state index < -0.39 is 29.4 Å². The van der Waals surface area contributed by atoms with Crippen LogP contribution in [0, 0.1) is 0 Å². The summed E-state index contributed by atoms with van der Waals surface area (Å²) in [6.07, 6.45) is -0.216. The molecule has 0 spiro atoms. The number of benzene rings is 2. The molecule has 5 N–H and O–H groups in total. The van der Waals surface area contributed by atoms with E-state index in [9.17, 15) is 29.7 Å². The molecule has 0 radical (unpaired) electrons. The maximum absolute atomic E-state index is 13.0. The lowest BCUT2D eigenvalue weighted by atomic mass is 10.00. The lowest BCUT2D eigenvalue weighted by Crippen LogP contribution is -2.63. The molecule has 5 rings (SSSR count). The van der Waals surface area contributed by atoms with Crippen molar-refractivity contribution in [1.29, 1.82) is 0 Å². The SMILES string of the molecule is O=C1CCC(O)(N2Cc3c(NCc4ccc(C(O)(O)N5CCOCC5)cc4)cccc3C2=O)C(=O)N1. The van der Waals surface area contributed by atoms with Crippen molar-refractivity contribution in [1.82, 2.24) is 15.1 Å². The van der Waals surface area contributed by atoms with Crippen LogP contribution in [0.3, 0.4) is 0 Å². The zero-order chi connectivity index (χ0) is 25.5. The van der Waals surface area contributed by atoms with Crippen molar-refractivity contribution in [3.63, 3.8) is 0 Å². The molecule has 0 bridgehead atoms. The smallest absolute Gasteiger partial charge is 0.279 e. The Morgan fingerprint density at radius 2 is 1.78 bits per heavy atom. The van der Waals surface area contributed by atoms with Gasteiger partial charge in [-0.2, -0.15) is 0 Å². The van der Waals surface area contributed by atoms with Gasteiger partial charge in [-0.25, -0.2) is 4.90 Å². The highest BCUT2D eigenvalue weighted by Gasteiger charge is 2.51. The summed E-state index contributed by atoms with van der Waals surface area (Å²) in [6, 6.07) is 12.1. The van der Waals surface area contributed by atoms with E-state index in [-0.39, 0.29) is 19.4 Å². The molecule has 2 fully saturated rings. The Balaban J connectivity index is 1.28. The fraction of sp³-hybridized carbons (Fsp3) is 0.400. The van der Waals surface area contributed by atoms with Crippen molar-refractivity contribution in [2.45, 2.75) is 37.6 Å². The number of fused-ring (bicyclic) bond motifs is 1. The molecular formula is C25H28N4O7. The summed E-state index contributed by atoms with van der Waals surface area (Å²) in [5.41, 5.74) is 0.846. The number of morpholine rings is 1. The van der Waals surface area contributed by atoms with Gasteiger partial charge >= 0.3 is 0 Å². The molecule has 1 atom stereocenters. The van der Waals surface area contributed by atoms with Gasteiger partial charge in [0.05, 0.1) is 19.8 Å². The number of hydrogen-bond acceptors (Lipinski definition) is 9. The summed E-state index contributed by atoms with van der Waals surface area (Å²) in [6.45, 7) is 2.12. The van der Waals surface area contributed by atoms with Gasteiger partial charge in [-0.1, -0.05) is 30.3 Å². The van der Waals surface area contributed by atoms with E-state index in [1.54, 1.807) is 41.3 Å². The summed E-state index contributed by atoms with van der Waals surface area (Å²) in [7, 11) is 0. The Morgan fingerprint density at radius 3 is 2.47 bits per heavy atom. The Morgan fingerprint density at radius 1 is 1.06 bits per heavy atom. The van der Waals surface area contributed by atoms with Crippen LogP contribution in [-0.2, 0) is 33.3 Å². The minimum atomic E-state index is -2.09. The van der Waals surface area contributed by atoms with E-state index in [4.69, 9.17) is 4.74 Å². The first-order valence-electron chi connectivity index (χ1n) is 11.8. The van der Waals surface area contributed by atoms with Crippen LogP contribution < -0.4 is 10.6 Å². The molecule has 3 aliphatic heterocycles. The number of amides is 3. The van der Waals surface area contributed by atoms with Crippen LogP contribution in [-0.4, -0.2) is 74.9 Å². The molecule has 2 aromatic rings. The first-order valence-corrected chi connectivity index (χ1v) is 11.8. The highest BCUT2D eigenvalue weighted by atomic mass is 16.5. The number of piperidine rings is 1. The van der Waals surface area contributed by atoms with Crippen molar-refractivity contribution in [2.24, 2.45) is 0 Å². The molecule has 2 aromatic carbocycles. The van der Waals surface area contributed by atoms with E-state index in [1.165, 1.54) is 0 Å². The normalized spacial score (nSPS) is 23.0. The number of hydrogen-bond donors (Lipinski definition) is 5. The summed E-state index contributed by atoms with van der Waals surface area (Å²) in [4.78, 5) is 39.6. The van der Waals surface area contributed by atoms with Crippen LogP contribution in [0.25, 0.3) is 0 Å². The van der Waals surface area contributed by atoms with Crippen molar-refractivity contribution >= 4 is 23.4 Å². The molecule has 0 aromatic heterocycles. The van der Waals surface area contributed by atoms with E-state index in [0.717, 1.165) is 10.5 Å². The van der Waals surface area contributed by atoms with Gasteiger partial charge in [0.25, 0.3) is 17.7 Å². The summed E-state index contributed by atoms with van der Waals surface area (Å²) < 4.78 is 5.27. The Kier molecular flexibility index (Phi) is 6.27. The molecular weight excluding hydrogens is 468 g/mol. The highest BCUT2D eigenvalue weighted by molar-refractivity contribution is 6.07. The fourth-order valence-corrected chi connectivity index (χ4v) is 4.85. The van der Waals surface area contributed by atoms with E-state index >= 15 is 0 Å². The standard InChI is InChI=1S/C25H28N4O7/c30-21-8-9-24(33,23(32)27-21)29-15-19-18(22(29)31)2-1-3-20(19)26-14-16-4-6-17(7-5-16)25(34,35)28-10-12-36-13-11-28/h1-7,26,33-35H,8-15H2,(H,27,30,32). The molecule has 3 heterocycles. The van der Waals surface area contributed by atoms with Gasteiger partial charge in [0.1, 0.15) is 0 Å². The minimum Gasteiger partial charge on any atom is -0.381 e. The molecule has 0 aliphatic carbocycles. The Hall–Kier alpha value is -3.35. The Bertz CT molecular complexity index is 1190. The second kappa shape index (κ2) is 9.26.